The van der Waals surface area contributed by atoms with Gasteiger partial charge in [0.2, 0.25) is 5.82 Å². The van der Waals surface area contributed by atoms with E-state index in [0.29, 0.717) is 17.4 Å². The lowest BCUT2D eigenvalue weighted by Crippen LogP contribution is -2.34. The van der Waals surface area contributed by atoms with Gasteiger partial charge in [-0.15, -0.1) is 5.10 Å². The Kier molecular flexibility index (Phi) is 2.79. The lowest BCUT2D eigenvalue weighted by atomic mass is 9.99. The molecule has 0 amide bonds. The minimum absolute atomic E-state index is 0.267. The minimum atomic E-state index is -0.484. The summed E-state index contributed by atoms with van der Waals surface area (Å²) in [5.74, 6) is 1.61. The molecule has 108 valence electrons. The first kappa shape index (κ1) is 12.8. The third kappa shape index (κ3) is 2.12. The van der Waals surface area contributed by atoms with Crippen molar-refractivity contribution in [2.45, 2.75) is 31.2 Å². The lowest BCUT2D eigenvalue weighted by molar-refractivity contribution is 0.372. The highest BCUT2D eigenvalue weighted by molar-refractivity contribution is 9.10. The van der Waals surface area contributed by atoms with Crippen molar-refractivity contribution in [3.63, 3.8) is 0 Å². The zero-order valence-corrected chi connectivity index (χ0v) is 12.6. The van der Waals surface area contributed by atoms with Gasteiger partial charge in [-0.05, 0) is 28.8 Å². The minimum Gasteiger partial charge on any atom is -0.330 e. The molecule has 3 aromatic heterocycles. The molecular formula is C12H12BrN7O. The van der Waals surface area contributed by atoms with Crippen LogP contribution in [-0.2, 0) is 5.54 Å². The van der Waals surface area contributed by atoms with Crippen LogP contribution in [0.2, 0.25) is 0 Å². The van der Waals surface area contributed by atoms with Crippen LogP contribution in [0, 0.1) is 0 Å². The van der Waals surface area contributed by atoms with Crippen LogP contribution in [0.3, 0.4) is 0 Å². The van der Waals surface area contributed by atoms with Crippen LogP contribution in [0.1, 0.15) is 31.5 Å². The van der Waals surface area contributed by atoms with Gasteiger partial charge in [-0.1, -0.05) is 18.0 Å². The Bertz CT molecular complexity index is 805. The summed E-state index contributed by atoms with van der Waals surface area (Å²) in [6, 6.07) is 0. The Morgan fingerprint density at radius 3 is 2.90 bits per heavy atom. The van der Waals surface area contributed by atoms with E-state index in [4.69, 9.17) is 10.3 Å². The molecule has 1 aliphatic rings. The topological polar surface area (TPSA) is 108 Å². The van der Waals surface area contributed by atoms with Gasteiger partial charge >= 0.3 is 0 Å². The van der Waals surface area contributed by atoms with Crippen LogP contribution < -0.4 is 5.73 Å². The molecule has 1 aliphatic carbocycles. The number of fused-ring (bicyclic) bond motifs is 1. The molecular weight excluding hydrogens is 338 g/mol. The third-order valence-electron chi connectivity index (χ3n) is 3.72. The summed E-state index contributed by atoms with van der Waals surface area (Å²) >= 11 is 3.33. The van der Waals surface area contributed by atoms with E-state index in [9.17, 15) is 0 Å². The summed E-state index contributed by atoms with van der Waals surface area (Å²) in [4.78, 5) is 12.8. The fourth-order valence-electron chi connectivity index (χ4n) is 2.60. The van der Waals surface area contributed by atoms with E-state index in [1.54, 1.807) is 16.9 Å². The van der Waals surface area contributed by atoms with E-state index in [-0.39, 0.29) is 5.89 Å². The van der Waals surface area contributed by atoms with Crippen molar-refractivity contribution in [3.8, 4) is 11.7 Å². The normalized spacial score (nSPS) is 17.6. The van der Waals surface area contributed by atoms with E-state index in [2.05, 4.69) is 41.1 Å². The van der Waals surface area contributed by atoms with Gasteiger partial charge < -0.3 is 10.3 Å². The average molecular weight is 350 g/mol. The third-order valence-corrected chi connectivity index (χ3v) is 4.13. The van der Waals surface area contributed by atoms with Crippen LogP contribution >= 0.6 is 15.9 Å². The Morgan fingerprint density at radius 1 is 1.29 bits per heavy atom. The monoisotopic (exact) mass is 349 g/mol. The molecule has 0 bridgehead atoms. The molecule has 9 heteroatoms. The summed E-state index contributed by atoms with van der Waals surface area (Å²) in [5, 5.41) is 8.29. The van der Waals surface area contributed by atoms with Crippen LogP contribution in [-0.4, -0.2) is 29.7 Å². The molecule has 0 radical (unpaired) electrons. The number of halogens is 1. The molecule has 3 aromatic rings. The van der Waals surface area contributed by atoms with Crippen molar-refractivity contribution in [1.29, 1.82) is 0 Å². The Labute approximate surface area is 127 Å². The van der Waals surface area contributed by atoms with Gasteiger partial charge in [0.1, 0.15) is 0 Å². The molecule has 2 N–H and O–H groups in total. The number of aromatic nitrogens is 6. The molecule has 0 atom stereocenters. The predicted molar refractivity (Wildman–Crippen MR) is 76.1 cm³/mol. The smallest absolute Gasteiger partial charge is 0.297 e. The predicted octanol–water partition coefficient (Wildman–Crippen LogP) is 1.66. The summed E-state index contributed by atoms with van der Waals surface area (Å²) in [5.41, 5.74) is 5.83. The second-order valence-electron chi connectivity index (χ2n) is 5.24. The molecule has 0 saturated heterocycles. The van der Waals surface area contributed by atoms with Crippen LogP contribution in [0.15, 0.2) is 21.4 Å². The number of hydrogen-bond donors (Lipinski definition) is 1. The van der Waals surface area contributed by atoms with Gasteiger partial charge in [0, 0.05) is 12.4 Å². The maximum absolute atomic E-state index is 6.32. The molecule has 21 heavy (non-hydrogen) atoms. The first-order chi connectivity index (χ1) is 10.1. The standard InChI is InChI=1S/C12H12BrN7O/c13-7-5-15-11-16-8(18-20(11)6-7)9-17-10(19-21-9)12(14)3-1-2-4-12/h5-6H,1-4,14H2. The van der Waals surface area contributed by atoms with Crippen molar-refractivity contribution in [2.75, 3.05) is 0 Å². The van der Waals surface area contributed by atoms with Gasteiger partial charge in [0.15, 0.2) is 5.82 Å². The summed E-state index contributed by atoms with van der Waals surface area (Å²) < 4.78 is 7.63. The highest BCUT2D eigenvalue weighted by atomic mass is 79.9. The maximum atomic E-state index is 6.32. The van der Waals surface area contributed by atoms with Gasteiger partial charge in [-0.25, -0.2) is 9.50 Å². The quantitative estimate of drug-likeness (QED) is 0.749. The van der Waals surface area contributed by atoms with Crippen LogP contribution in [0.4, 0.5) is 0 Å². The average Bonchev–Trinajstić information content (AvgIpc) is 3.15. The molecule has 0 unspecified atom stereocenters. The van der Waals surface area contributed by atoms with E-state index in [1.807, 2.05) is 0 Å². The van der Waals surface area contributed by atoms with E-state index >= 15 is 0 Å². The van der Waals surface area contributed by atoms with Crippen LogP contribution in [0.5, 0.6) is 0 Å². The molecule has 4 rings (SSSR count). The van der Waals surface area contributed by atoms with Gasteiger partial charge in [-0.3, -0.25) is 0 Å². The molecule has 3 heterocycles. The van der Waals surface area contributed by atoms with Gasteiger partial charge in [0.05, 0.1) is 10.0 Å². The van der Waals surface area contributed by atoms with Crippen molar-refractivity contribution >= 4 is 21.7 Å². The molecule has 8 nitrogen and oxygen atoms in total. The van der Waals surface area contributed by atoms with Crippen molar-refractivity contribution in [1.82, 2.24) is 29.7 Å². The number of nitrogens with zero attached hydrogens (tertiary/aromatic N) is 6. The van der Waals surface area contributed by atoms with Crippen LogP contribution in [0.25, 0.3) is 17.5 Å². The summed E-state index contributed by atoms with van der Waals surface area (Å²) in [7, 11) is 0. The van der Waals surface area contributed by atoms with E-state index in [0.717, 1.165) is 30.2 Å². The second kappa shape index (κ2) is 4.57. The fraction of sp³-hybridized carbons (Fsp3) is 0.417. The lowest BCUT2D eigenvalue weighted by Gasteiger charge is -2.17. The summed E-state index contributed by atoms with van der Waals surface area (Å²) in [6.45, 7) is 0. The number of rotatable bonds is 2. The van der Waals surface area contributed by atoms with Crippen molar-refractivity contribution in [2.24, 2.45) is 5.73 Å². The highest BCUT2D eigenvalue weighted by Gasteiger charge is 2.36. The zero-order valence-electron chi connectivity index (χ0n) is 11.0. The van der Waals surface area contributed by atoms with Crippen molar-refractivity contribution < 1.29 is 4.52 Å². The highest BCUT2D eigenvalue weighted by Crippen LogP contribution is 2.35. The first-order valence-electron chi connectivity index (χ1n) is 6.65. The zero-order chi connectivity index (χ0) is 14.4. The van der Waals surface area contributed by atoms with Crippen molar-refractivity contribution in [3.05, 3.63) is 22.7 Å². The first-order valence-corrected chi connectivity index (χ1v) is 7.45. The largest absolute Gasteiger partial charge is 0.330 e. The molecule has 0 spiro atoms. The second-order valence-corrected chi connectivity index (χ2v) is 6.15. The fourth-order valence-corrected chi connectivity index (χ4v) is 2.89. The Hall–Kier alpha value is -1.87. The Balaban J connectivity index is 1.73. The molecule has 0 aliphatic heterocycles. The number of nitrogens with two attached hydrogens (primary N) is 1. The Morgan fingerprint density at radius 2 is 2.10 bits per heavy atom. The number of hydrogen-bond acceptors (Lipinski definition) is 7. The van der Waals surface area contributed by atoms with E-state index < -0.39 is 5.54 Å². The van der Waals surface area contributed by atoms with Gasteiger partial charge in [-0.2, -0.15) is 9.97 Å². The maximum Gasteiger partial charge on any atom is 0.297 e. The molecule has 1 saturated carbocycles. The van der Waals surface area contributed by atoms with Gasteiger partial charge in [0.25, 0.3) is 11.7 Å². The summed E-state index contributed by atoms with van der Waals surface area (Å²) in [6.07, 6.45) is 7.34. The SMILES string of the molecule is NC1(c2noc(-c3nc4ncc(Br)cn4n3)n2)CCCC1. The molecule has 1 fully saturated rings. The van der Waals surface area contributed by atoms with E-state index in [1.165, 1.54) is 0 Å². The molecule has 0 aromatic carbocycles.